The molecule has 1 spiro atoms. The van der Waals surface area contributed by atoms with Gasteiger partial charge in [-0.05, 0) is 37.5 Å². The highest BCUT2D eigenvalue weighted by Gasteiger charge is 2.52. The molecule has 1 N–H and O–H groups in total. The second-order valence-electron chi connectivity index (χ2n) is 6.55. The molecule has 1 saturated heterocycles. The van der Waals surface area contributed by atoms with Crippen LogP contribution in [0.4, 0.5) is 4.79 Å². The summed E-state index contributed by atoms with van der Waals surface area (Å²) in [7, 11) is 0. The summed E-state index contributed by atoms with van der Waals surface area (Å²) >= 11 is 0. The number of hydrogen-bond acceptors (Lipinski definition) is 3. The number of pyridine rings is 1. The lowest BCUT2D eigenvalue weighted by molar-refractivity contribution is -0.131. The second kappa shape index (κ2) is 5.05. The molecule has 1 aromatic carbocycles. The Bertz CT molecular complexity index is 809. The maximum atomic E-state index is 12.8. The molecule has 0 bridgehead atoms. The Hall–Kier alpha value is -2.43. The van der Waals surface area contributed by atoms with Gasteiger partial charge in [-0.3, -0.25) is 14.7 Å². The van der Waals surface area contributed by atoms with Gasteiger partial charge < -0.3 is 5.32 Å². The average molecular weight is 309 g/mol. The molecule has 2 heterocycles. The Labute approximate surface area is 134 Å². The van der Waals surface area contributed by atoms with Crippen molar-refractivity contribution in [3.8, 4) is 0 Å². The molecule has 118 valence electrons. The number of carbonyl (C=O) groups excluding carboxylic acids is 2. The third kappa shape index (κ3) is 2.19. The van der Waals surface area contributed by atoms with E-state index in [9.17, 15) is 9.59 Å². The van der Waals surface area contributed by atoms with Crippen LogP contribution in [0.2, 0.25) is 0 Å². The van der Waals surface area contributed by atoms with Crippen molar-refractivity contribution in [1.29, 1.82) is 0 Å². The number of nitrogens with one attached hydrogen (secondary N) is 1. The van der Waals surface area contributed by atoms with Gasteiger partial charge in [0.05, 0.1) is 12.1 Å². The van der Waals surface area contributed by atoms with Crippen molar-refractivity contribution in [2.45, 2.75) is 44.7 Å². The van der Waals surface area contributed by atoms with Gasteiger partial charge >= 0.3 is 6.03 Å². The van der Waals surface area contributed by atoms with Crippen molar-refractivity contribution < 1.29 is 9.59 Å². The van der Waals surface area contributed by atoms with Gasteiger partial charge in [-0.15, -0.1) is 0 Å². The van der Waals surface area contributed by atoms with Crippen LogP contribution in [-0.4, -0.2) is 27.4 Å². The van der Waals surface area contributed by atoms with Crippen molar-refractivity contribution in [2.75, 3.05) is 0 Å². The van der Waals surface area contributed by atoms with Crippen molar-refractivity contribution in [1.82, 2.24) is 15.2 Å². The minimum absolute atomic E-state index is 0.0708. The summed E-state index contributed by atoms with van der Waals surface area (Å²) in [5.74, 6) is -0.0708. The van der Waals surface area contributed by atoms with E-state index in [1.165, 1.54) is 4.90 Å². The SMILES string of the molecule is Cc1cc(CN2C(=O)NC3(CCCC3)C2=O)c2ccccc2n1. The van der Waals surface area contributed by atoms with Crippen molar-refractivity contribution >= 4 is 22.8 Å². The quantitative estimate of drug-likeness (QED) is 0.868. The Morgan fingerprint density at radius 1 is 1.22 bits per heavy atom. The molecule has 5 nitrogen and oxygen atoms in total. The third-order valence-corrected chi connectivity index (χ3v) is 4.96. The lowest BCUT2D eigenvalue weighted by Gasteiger charge is -2.20. The van der Waals surface area contributed by atoms with Crippen LogP contribution in [-0.2, 0) is 11.3 Å². The fourth-order valence-electron chi connectivity index (χ4n) is 3.83. The topological polar surface area (TPSA) is 62.3 Å². The number of fused-ring (bicyclic) bond motifs is 1. The number of carbonyl (C=O) groups is 2. The first-order chi connectivity index (χ1) is 11.1. The van der Waals surface area contributed by atoms with Crippen molar-refractivity contribution in [2.24, 2.45) is 0 Å². The zero-order valence-corrected chi connectivity index (χ0v) is 13.1. The molecule has 5 heteroatoms. The van der Waals surface area contributed by atoms with E-state index < -0.39 is 5.54 Å². The molecule has 1 aliphatic heterocycles. The molecule has 4 rings (SSSR count). The van der Waals surface area contributed by atoms with Gasteiger partial charge in [-0.25, -0.2) is 4.79 Å². The van der Waals surface area contributed by atoms with E-state index in [0.29, 0.717) is 6.54 Å². The Morgan fingerprint density at radius 3 is 2.74 bits per heavy atom. The number of para-hydroxylation sites is 1. The Morgan fingerprint density at radius 2 is 1.96 bits per heavy atom. The molecule has 2 aromatic rings. The first kappa shape index (κ1) is 14.2. The normalized spacial score (nSPS) is 19.8. The molecule has 0 unspecified atom stereocenters. The third-order valence-electron chi connectivity index (χ3n) is 4.96. The smallest absolute Gasteiger partial charge is 0.323 e. The highest BCUT2D eigenvalue weighted by atomic mass is 16.2. The van der Waals surface area contributed by atoms with Crippen LogP contribution in [0.1, 0.15) is 36.9 Å². The summed E-state index contributed by atoms with van der Waals surface area (Å²) in [4.78, 5) is 31.0. The van der Waals surface area contributed by atoms with E-state index in [4.69, 9.17) is 0 Å². The first-order valence-corrected chi connectivity index (χ1v) is 8.08. The molecule has 2 fully saturated rings. The molecule has 2 aliphatic rings. The van der Waals surface area contributed by atoms with Gasteiger partial charge in [0.25, 0.3) is 5.91 Å². The lowest BCUT2D eigenvalue weighted by atomic mass is 9.98. The average Bonchev–Trinajstić information content (AvgIpc) is 3.08. The van der Waals surface area contributed by atoms with Crippen LogP contribution >= 0.6 is 0 Å². The molecule has 1 aromatic heterocycles. The summed E-state index contributed by atoms with van der Waals surface area (Å²) in [6, 6.07) is 9.53. The molecule has 3 amide bonds. The summed E-state index contributed by atoms with van der Waals surface area (Å²) < 4.78 is 0. The second-order valence-corrected chi connectivity index (χ2v) is 6.55. The molecule has 1 saturated carbocycles. The van der Waals surface area contributed by atoms with Crippen molar-refractivity contribution in [3.63, 3.8) is 0 Å². The number of aryl methyl sites for hydroxylation is 1. The predicted octanol–water partition coefficient (Wildman–Crippen LogP) is 2.91. The van der Waals surface area contributed by atoms with E-state index >= 15 is 0 Å². The summed E-state index contributed by atoms with van der Waals surface area (Å²) in [6.45, 7) is 2.23. The minimum Gasteiger partial charge on any atom is -0.323 e. The number of hydrogen-bond donors (Lipinski definition) is 1. The van der Waals surface area contributed by atoms with Crippen LogP contribution in [0.3, 0.4) is 0 Å². The molecule has 0 radical (unpaired) electrons. The van der Waals surface area contributed by atoms with Crippen LogP contribution in [0.5, 0.6) is 0 Å². The van der Waals surface area contributed by atoms with Gasteiger partial charge in [0.1, 0.15) is 5.54 Å². The maximum Gasteiger partial charge on any atom is 0.325 e. The maximum absolute atomic E-state index is 12.8. The van der Waals surface area contributed by atoms with Crippen LogP contribution in [0, 0.1) is 6.92 Å². The van der Waals surface area contributed by atoms with E-state index in [1.54, 1.807) is 0 Å². The van der Waals surface area contributed by atoms with Crippen LogP contribution in [0.25, 0.3) is 10.9 Å². The zero-order valence-electron chi connectivity index (χ0n) is 13.1. The number of benzene rings is 1. The number of amides is 3. The van der Waals surface area contributed by atoms with E-state index in [2.05, 4.69) is 10.3 Å². The van der Waals surface area contributed by atoms with E-state index in [0.717, 1.165) is 47.8 Å². The molecule has 23 heavy (non-hydrogen) atoms. The molecule has 1 aliphatic carbocycles. The Balaban J connectivity index is 1.71. The first-order valence-electron chi connectivity index (χ1n) is 8.08. The van der Waals surface area contributed by atoms with Gasteiger partial charge in [-0.1, -0.05) is 31.0 Å². The summed E-state index contributed by atoms with van der Waals surface area (Å²) in [6.07, 6.45) is 3.50. The number of imide groups is 1. The van der Waals surface area contributed by atoms with Gasteiger partial charge in [0, 0.05) is 11.1 Å². The molecule has 0 atom stereocenters. The number of aromatic nitrogens is 1. The largest absolute Gasteiger partial charge is 0.325 e. The summed E-state index contributed by atoms with van der Waals surface area (Å²) in [5, 5.41) is 3.93. The lowest BCUT2D eigenvalue weighted by Crippen LogP contribution is -2.44. The van der Waals surface area contributed by atoms with Gasteiger partial charge in [-0.2, -0.15) is 0 Å². The van der Waals surface area contributed by atoms with Gasteiger partial charge in [0.15, 0.2) is 0 Å². The molecular weight excluding hydrogens is 290 g/mol. The summed E-state index contributed by atoms with van der Waals surface area (Å²) in [5.41, 5.74) is 2.10. The van der Waals surface area contributed by atoms with Crippen LogP contribution < -0.4 is 5.32 Å². The minimum atomic E-state index is -0.644. The monoisotopic (exact) mass is 309 g/mol. The highest BCUT2D eigenvalue weighted by Crippen LogP contribution is 2.36. The predicted molar refractivity (Wildman–Crippen MR) is 86.8 cm³/mol. The fourth-order valence-corrected chi connectivity index (χ4v) is 3.83. The molecular formula is C18H19N3O2. The number of nitrogens with zero attached hydrogens (tertiary/aromatic N) is 2. The van der Waals surface area contributed by atoms with Crippen LogP contribution in [0.15, 0.2) is 30.3 Å². The van der Waals surface area contributed by atoms with E-state index in [1.807, 2.05) is 37.3 Å². The number of rotatable bonds is 2. The van der Waals surface area contributed by atoms with Gasteiger partial charge in [0.2, 0.25) is 0 Å². The number of urea groups is 1. The highest BCUT2D eigenvalue weighted by molar-refractivity contribution is 6.07. The fraction of sp³-hybridized carbons (Fsp3) is 0.389. The van der Waals surface area contributed by atoms with Crippen molar-refractivity contribution in [3.05, 3.63) is 41.6 Å². The Kier molecular flexibility index (Phi) is 3.11. The standard InChI is InChI=1S/C18H19N3O2/c1-12-10-13(14-6-2-3-7-15(14)19-12)11-21-16(22)18(20-17(21)23)8-4-5-9-18/h2-3,6-7,10H,4-5,8-9,11H2,1H3,(H,20,23). The van der Waals surface area contributed by atoms with E-state index in [-0.39, 0.29) is 11.9 Å². The zero-order chi connectivity index (χ0) is 16.0.